The van der Waals surface area contributed by atoms with E-state index >= 15 is 0 Å². The van der Waals surface area contributed by atoms with Crippen LogP contribution in [0.4, 0.5) is 0 Å². The van der Waals surface area contributed by atoms with Gasteiger partial charge in [0.1, 0.15) is 0 Å². The molecule has 0 amide bonds. The Kier molecular flexibility index (Phi) is 2.11. The second-order valence-electron chi connectivity index (χ2n) is 4.37. The molecule has 1 aliphatic rings. The number of fused-ring (bicyclic) bond motifs is 1. The summed E-state index contributed by atoms with van der Waals surface area (Å²) in [7, 11) is 0. The standard InChI is InChI=1S/C12H12O3/c1-12(2)7-10(13)15-11(14)8-5-3-4-6-9(8)12/h3-6H,7H2,1-2H3. The smallest absolute Gasteiger partial charge is 0.346 e. The van der Waals surface area contributed by atoms with Crippen molar-refractivity contribution in [2.45, 2.75) is 25.7 Å². The maximum absolute atomic E-state index is 11.6. The molecular formula is C12H12O3. The second kappa shape index (κ2) is 3.19. The molecule has 0 unspecified atom stereocenters. The molecular weight excluding hydrogens is 192 g/mol. The summed E-state index contributed by atoms with van der Waals surface area (Å²) in [6.45, 7) is 3.87. The monoisotopic (exact) mass is 204 g/mol. The average Bonchev–Trinajstić information content (AvgIpc) is 2.23. The zero-order valence-corrected chi connectivity index (χ0v) is 8.74. The molecule has 0 bridgehead atoms. The van der Waals surface area contributed by atoms with E-state index in [4.69, 9.17) is 4.74 Å². The third-order valence-corrected chi connectivity index (χ3v) is 2.67. The molecule has 0 atom stereocenters. The molecule has 3 heteroatoms. The van der Waals surface area contributed by atoms with Gasteiger partial charge in [0.25, 0.3) is 0 Å². The van der Waals surface area contributed by atoms with Gasteiger partial charge >= 0.3 is 11.9 Å². The Bertz CT molecular complexity index is 432. The average molecular weight is 204 g/mol. The lowest BCUT2D eigenvalue weighted by Gasteiger charge is -2.22. The molecule has 2 rings (SSSR count). The van der Waals surface area contributed by atoms with Crippen LogP contribution in [0.25, 0.3) is 0 Å². The van der Waals surface area contributed by atoms with Crippen molar-refractivity contribution < 1.29 is 14.3 Å². The van der Waals surface area contributed by atoms with E-state index in [0.29, 0.717) is 5.56 Å². The Labute approximate surface area is 88.1 Å². The molecule has 3 nitrogen and oxygen atoms in total. The number of esters is 2. The van der Waals surface area contributed by atoms with Crippen LogP contribution in [0.1, 0.15) is 36.2 Å². The van der Waals surface area contributed by atoms with Gasteiger partial charge in [-0.15, -0.1) is 0 Å². The van der Waals surface area contributed by atoms with E-state index in [2.05, 4.69) is 0 Å². The first-order valence-corrected chi connectivity index (χ1v) is 4.85. The van der Waals surface area contributed by atoms with Gasteiger partial charge in [-0.3, -0.25) is 4.79 Å². The lowest BCUT2D eigenvalue weighted by molar-refractivity contribution is -0.138. The molecule has 0 aliphatic carbocycles. The highest BCUT2D eigenvalue weighted by Gasteiger charge is 2.34. The molecule has 0 saturated heterocycles. The number of hydrogen-bond donors (Lipinski definition) is 0. The fourth-order valence-corrected chi connectivity index (χ4v) is 1.90. The maximum Gasteiger partial charge on any atom is 0.346 e. The normalized spacial score (nSPS) is 19.1. The quantitative estimate of drug-likeness (QED) is 0.480. The van der Waals surface area contributed by atoms with E-state index in [0.717, 1.165) is 5.56 Å². The van der Waals surface area contributed by atoms with Gasteiger partial charge in [0, 0.05) is 5.41 Å². The summed E-state index contributed by atoms with van der Waals surface area (Å²) in [5, 5.41) is 0. The van der Waals surface area contributed by atoms with Gasteiger partial charge < -0.3 is 4.74 Å². The Morgan fingerprint density at radius 3 is 2.60 bits per heavy atom. The van der Waals surface area contributed by atoms with Gasteiger partial charge in [0.15, 0.2) is 0 Å². The number of carbonyl (C=O) groups excluding carboxylic acids is 2. The van der Waals surface area contributed by atoms with Crippen LogP contribution in [-0.2, 0) is 14.9 Å². The molecule has 1 heterocycles. The van der Waals surface area contributed by atoms with Crippen LogP contribution in [0.2, 0.25) is 0 Å². The maximum atomic E-state index is 11.6. The summed E-state index contributed by atoms with van der Waals surface area (Å²) in [6.07, 6.45) is 0.232. The summed E-state index contributed by atoms with van der Waals surface area (Å²) in [6, 6.07) is 7.20. The van der Waals surface area contributed by atoms with Crippen LogP contribution >= 0.6 is 0 Å². The topological polar surface area (TPSA) is 43.4 Å². The molecule has 0 spiro atoms. The predicted octanol–water partition coefficient (Wildman–Crippen LogP) is 2.05. The van der Waals surface area contributed by atoms with E-state index < -0.39 is 11.9 Å². The molecule has 1 aromatic carbocycles. The molecule has 1 aliphatic heterocycles. The third-order valence-electron chi connectivity index (χ3n) is 2.67. The molecule has 15 heavy (non-hydrogen) atoms. The van der Waals surface area contributed by atoms with E-state index in [1.807, 2.05) is 26.0 Å². The highest BCUT2D eigenvalue weighted by molar-refractivity contribution is 6.00. The van der Waals surface area contributed by atoms with Crippen molar-refractivity contribution in [2.24, 2.45) is 0 Å². The number of ether oxygens (including phenoxy) is 1. The van der Waals surface area contributed by atoms with Crippen molar-refractivity contribution in [3.05, 3.63) is 35.4 Å². The molecule has 0 aromatic heterocycles. The second-order valence-corrected chi connectivity index (χ2v) is 4.37. The van der Waals surface area contributed by atoms with Crippen LogP contribution < -0.4 is 0 Å². The van der Waals surface area contributed by atoms with E-state index in [9.17, 15) is 9.59 Å². The first-order valence-electron chi connectivity index (χ1n) is 4.85. The number of carbonyl (C=O) groups is 2. The van der Waals surface area contributed by atoms with Gasteiger partial charge in [-0.05, 0) is 11.6 Å². The highest BCUT2D eigenvalue weighted by atomic mass is 16.6. The van der Waals surface area contributed by atoms with Crippen molar-refractivity contribution in [1.82, 2.24) is 0 Å². The number of hydrogen-bond acceptors (Lipinski definition) is 3. The molecule has 78 valence electrons. The lowest BCUT2D eigenvalue weighted by atomic mass is 9.80. The minimum absolute atomic E-state index is 0.232. The van der Waals surface area contributed by atoms with Crippen molar-refractivity contribution in [2.75, 3.05) is 0 Å². The number of cyclic esters (lactones) is 2. The molecule has 0 fully saturated rings. The van der Waals surface area contributed by atoms with E-state index in [-0.39, 0.29) is 11.8 Å². The zero-order chi connectivity index (χ0) is 11.1. The van der Waals surface area contributed by atoms with Crippen molar-refractivity contribution >= 4 is 11.9 Å². The SMILES string of the molecule is CC1(C)CC(=O)OC(=O)c2ccccc21. The van der Waals surface area contributed by atoms with Gasteiger partial charge in [-0.25, -0.2) is 4.79 Å². The highest BCUT2D eigenvalue weighted by Crippen LogP contribution is 2.33. The summed E-state index contributed by atoms with van der Waals surface area (Å²) >= 11 is 0. The van der Waals surface area contributed by atoms with Gasteiger partial charge in [-0.1, -0.05) is 32.0 Å². The molecule has 0 saturated carbocycles. The fourth-order valence-electron chi connectivity index (χ4n) is 1.90. The third kappa shape index (κ3) is 1.65. The Morgan fingerprint density at radius 2 is 1.87 bits per heavy atom. The summed E-state index contributed by atoms with van der Waals surface area (Å²) in [5.74, 6) is -0.998. The van der Waals surface area contributed by atoms with Crippen molar-refractivity contribution in [3.8, 4) is 0 Å². The number of rotatable bonds is 0. The Balaban J connectivity index is 2.62. The Hall–Kier alpha value is -1.64. The van der Waals surface area contributed by atoms with Gasteiger partial charge in [0.05, 0.1) is 12.0 Å². The fraction of sp³-hybridized carbons (Fsp3) is 0.333. The molecule has 0 N–H and O–H groups in total. The van der Waals surface area contributed by atoms with E-state index in [1.54, 1.807) is 12.1 Å². The van der Waals surface area contributed by atoms with E-state index in [1.165, 1.54) is 0 Å². The largest absolute Gasteiger partial charge is 0.389 e. The van der Waals surface area contributed by atoms with Gasteiger partial charge in [0.2, 0.25) is 0 Å². The molecule has 1 aromatic rings. The predicted molar refractivity (Wildman–Crippen MR) is 54.5 cm³/mol. The summed E-state index contributed by atoms with van der Waals surface area (Å²) in [4.78, 5) is 22.9. The lowest BCUT2D eigenvalue weighted by Crippen LogP contribution is -2.20. The van der Waals surface area contributed by atoms with Crippen LogP contribution in [-0.4, -0.2) is 11.9 Å². The molecule has 0 radical (unpaired) electrons. The first-order chi connectivity index (χ1) is 7.00. The van der Waals surface area contributed by atoms with Crippen LogP contribution in [0.3, 0.4) is 0 Å². The summed E-state index contributed by atoms with van der Waals surface area (Å²) < 4.78 is 4.70. The van der Waals surface area contributed by atoms with Gasteiger partial charge in [-0.2, -0.15) is 0 Å². The Morgan fingerprint density at radius 1 is 1.20 bits per heavy atom. The summed E-state index contributed by atoms with van der Waals surface area (Å²) in [5.41, 5.74) is 1.02. The van der Waals surface area contributed by atoms with Crippen LogP contribution in [0, 0.1) is 0 Å². The minimum Gasteiger partial charge on any atom is -0.389 e. The number of benzene rings is 1. The minimum atomic E-state index is -0.541. The first kappa shape index (κ1) is 9.90. The zero-order valence-electron chi connectivity index (χ0n) is 8.74. The van der Waals surface area contributed by atoms with Crippen LogP contribution in [0.5, 0.6) is 0 Å². The van der Waals surface area contributed by atoms with Crippen molar-refractivity contribution in [3.63, 3.8) is 0 Å². The van der Waals surface area contributed by atoms with Crippen molar-refractivity contribution in [1.29, 1.82) is 0 Å². The van der Waals surface area contributed by atoms with Crippen LogP contribution in [0.15, 0.2) is 24.3 Å².